The number of aryl methyl sites for hydroxylation is 1. The summed E-state index contributed by atoms with van der Waals surface area (Å²) >= 11 is 5.36. The van der Waals surface area contributed by atoms with Crippen molar-refractivity contribution in [3.63, 3.8) is 0 Å². The summed E-state index contributed by atoms with van der Waals surface area (Å²) in [5.74, 6) is 0.798. The highest BCUT2D eigenvalue weighted by atomic mass is 79.9. The van der Waals surface area contributed by atoms with Crippen LogP contribution in [0.25, 0.3) is 0 Å². The van der Waals surface area contributed by atoms with E-state index >= 15 is 0 Å². The summed E-state index contributed by atoms with van der Waals surface area (Å²) in [6, 6.07) is 3.09. The summed E-state index contributed by atoms with van der Waals surface area (Å²) in [6.45, 7) is 3.54. The van der Waals surface area contributed by atoms with Gasteiger partial charge in [0.2, 0.25) is 0 Å². The summed E-state index contributed by atoms with van der Waals surface area (Å²) in [5, 5.41) is 5.76. The summed E-state index contributed by atoms with van der Waals surface area (Å²) in [6.07, 6.45) is 5.31. The predicted molar refractivity (Wildman–Crippen MR) is 70.5 cm³/mol. The molecule has 2 rings (SSSR count). The van der Waals surface area contributed by atoms with Gasteiger partial charge in [-0.1, -0.05) is 6.92 Å². The monoisotopic (exact) mass is 287 g/mol. The molecule has 0 amide bonds. The van der Waals surface area contributed by atoms with Crippen LogP contribution in [0.3, 0.4) is 0 Å². The third kappa shape index (κ3) is 4.25. The zero-order chi connectivity index (χ0) is 10.7. The Hall–Kier alpha value is 0.140. The minimum absolute atomic E-state index is 0.798. The lowest BCUT2D eigenvalue weighted by Gasteiger charge is -2.11. The van der Waals surface area contributed by atoms with E-state index in [1.807, 2.05) is 11.3 Å². The summed E-state index contributed by atoms with van der Waals surface area (Å²) < 4.78 is 1.23. The molecule has 3 heteroatoms. The Morgan fingerprint density at radius 2 is 2.40 bits per heavy atom. The molecule has 1 nitrogen and oxygen atoms in total. The number of hydrogen-bond donors (Lipinski definition) is 1. The van der Waals surface area contributed by atoms with Crippen molar-refractivity contribution in [1.82, 2.24) is 5.32 Å². The van der Waals surface area contributed by atoms with E-state index in [0.29, 0.717) is 0 Å². The Bertz CT molecular complexity index is 306. The molecule has 1 atom stereocenters. The molecule has 0 spiro atoms. The maximum absolute atomic E-state index is 3.59. The van der Waals surface area contributed by atoms with Gasteiger partial charge in [-0.2, -0.15) is 0 Å². The molecule has 84 valence electrons. The molecule has 1 fully saturated rings. The van der Waals surface area contributed by atoms with Crippen LogP contribution in [0.4, 0.5) is 0 Å². The van der Waals surface area contributed by atoms with Crippen molar-refractivity contribution in [2.45, 2.75) is 38.6 Å². The van der Waals surface area contributed by atoms with Gasteiger partial charge >= 0.3 is 0 Å². The lowest BCUT2D eigenvalue weighted by atomic mass is 10.1. The number of hydrogen-bond acceptors (Lipinski definition) is 2. The van der Waals surface area contributed by atoms with Gasteiger partial charge in [-0.15, -0.1) is 11.3 Å². The third-order valence-electron chi connectivity index (χ3n) is 2.84. The van der Waals surface area contributed by atoms with Crippen LogP contribution in [0, 0.1) is 5.92 Å². The molecule has 15 heavy (non-hydrogen) atoms. The summed E-state index contributed by atoms with van der Waals surface area (Å²) in [5.41, 5.74) is 0. The summed E-state index contributed by atoms with van der Waals surface area (Å²) in [7, 11) is 0. The first-order chi connectivity index (χ1) is 7.24. The lowest BCUT2D eigenvalue weighted by molar-refractivity contribution is 0.481. The molecular formula is C12H18BrNS. The van der Waals surface area contributed by atoms with Gasteiger partial charge < -0.3 is 5.32 Å². The van der Waals surface area contributed by atoms with Crippen molar-refractivity contribution in [3.05, 3.63) is 20.8 Å². The second-order valence-electron chi connectivity index (χ2n) is 4.56. The van der Waals surface area contributed by atoms with Gasteiger partial charge in [0.25, 0.3) is 0 Å². The molecule has 0 aromatic carbocycles. The van der Waals surface area contributed by atoms with E-state index < -0.39 is 0 Å². The van der Waals surface area contributed by atoms with Crippen molar-refractivity contribution in [3.8, 4) is 0 Å². The number of nitrogens with one attached hydrogen (secondary N) is 1. The molecule has 1 saturated carbocycles. The highest BCUT2D eigenvalue weighted by Gasteiger charge is 2.20. The van der Waals surface area contributed by atoms with Crippen molar-refractivity contribution in [1.29, 1.82) is 0 Å². The molecule has 1 heterocycles. The second-order valence-corrected chi connectivity index (χ2v) is 6.47. The van der Waals surface area contributed by atoms with Crippen LogP contribution in [0.1, 0.15) is 31.1 Å². The Morgan fingerprint density at radius 1 is 1.60 bits per heavy atom. The fourth-order valence-electron chi connectivity index (χ4n) is 1.63. The predicted octanol–water partition coefficient (Wildman–Crippen LogP) is 3.83. The maximum Gasteiger partial charge on any atom is 0.0285 e. The highest BCUT2D eigenvalue weighted by molar-refractivity contribution is 9.10. The van der Waals surface area contributed by atoms with Crippen LogP contribution < -0.4 is 5.32 Å². The normalized spacial score (nSPS) is 18.0. The van der Waals surface area contributed by atoms with Crippen LogP contribution in [0.5, 0.6) is 0 Å². The van der Waals surface area contributed by atoms with E-state index in [9.17, 15) is 0 Å². The summed E-state index contributed by atoms with van der Waals surface area (Å²) in [4.78, 5) is 1.50. The molecule has 0 bridgehead atoms. The molecule has 1 aliphatic carbocycles. The minimum atomic E-state index is 0.798. The van der Waals surface area contributed by atoms with E-state index in [4.69, 9.17) is 0 Å². The molecule has 1 aromatic heterocycles. The largest absolute Gasteiger partial charge is 0.314 e. The van der Waals surface area contributed by atoms with Gasteiger partial charge in [-0.25, -0.2) is 0 Å². The van der Waals surface area contributed by atoms with Gasteiger partial charge in [0, 0.05) is 20.8 Å². The molecule has 1 N–H and O–H groups in total. The molecule has 0 saturated heterocycles. The zero-order valence-corrected chi connectivity index (χ0v) is 11.5. The average Bonchev–Trinajstić information content (AvgIpc) is 2.95. The quantitative estimate of drug-likeness (QED) is 0.839. The molecule has 0 aliphatic heterocycles. The molecule has 1 aromatic rings. The number of halogens is 1. The smallest absolute Gasteiger partial charge is 0.0285 e. The second kappa shape index (κ2) is 5.46. The Morgan fingerprint density at radius 3 is 3.00 bits per heavy atom. The third-order valence-corrected chi connectivity index (χ3v) is 4.60. The van der Waals surface area contributed by atoms with Crippen LogP contribution >= 0.6 is 27.3 Å². The van der Waals surface area contributed by atoms with Crippen LogP contribution in [0.2, 0.25) is 0 Å². The van der Waals surface area contributed by atoms with Gasteiger partial charge in [0.1, 0.15) is 0 Å². The fraction of sp³-hybridized carbons (Fsp3) is 0.667. The first-order valence-corrected chi connectivity index (χ1v) is 7.37. The Labute approximate surface area is 104 Å². The van der Waals surface area contributed by atoms with E-state index in [1.165, 1.54) is 41.6 Å². The van der Waals surface area contributed by atoms with Gasteiger partial charge in [-0.3, -0.25) is 0 Å². The lowest BCUT2D eigenvalue weighted by Crippen LogP contribution is -2.23. The number of thiophene rings is 1. The van der Waals surface area contributed by atoms with Crippen LogP contribution in [-0.4, -0.2) is 12.6 Å². The molecule has 1 aliphatic rings. The number of rotatable bonds is 6. The first-order valence-electron chi connectivity index (χ1n) is 5.70. The van der Waals surface area contributed by atoms with E-state index in [0.717, 1.165) is 12.0 Å². The molecule has 1 unspecified atom stereocenters. The fourth-order valence-corrected chi connectivity index (χ4v) is 3.10. The Kier molecular flexibility index (Phi) is 4.23. The maximum atomic E-state index is 3.59. The van der Waals surface area contributed by atoms with Crippen molar-refractivity contribution in [2.75, 3.05) is 6.54 Å². The van der Waals surface area contributed by atoms with Crippen molar-refractivity contribution < 1.29 is 0 Å². The Balaban J connectivity index is 1.63. The van der Waals surface area contributed by atoms with Gasteiger partial charge in [-0.05, 0) is 60.1 Å². The van der Waals surface area contributed by atoms with Gasteiger partial charge in [0.05, 0.1) is 0 Å². The standard InChI is InChI=1S/C12H18BrNS/c1-9(7-14-11-3-4-11)2-5-12-6-10(13)8-15-12/h6,8-9,11,14H,2-5,7H2,1H3. The SMILES string of the molecule is CC(CCc1cc(Br)cs1)CNC1CC1. The van der Waals surface area contributed by atoms with Crippen LogP contribution in [-0.2, 0) is 6.42 Å². The average molecular weight is 288 g/mol. The van der Waals surface area contributed by atoms with E-state index in [-0.39, 0.29) is 0 Å². The first kappa shape index (κ1) is 11.6. The zero-order valence-electron chi connectivity index (χ0n) is 9.13. The molecular weight excluding hydrogens is 270 g/mol. The van der Waals surface area contributed by atoms with Crippen molar-refractivity contribution in [2.24, 2.45) is 5.92 Å². The van der Waals surface area contributed by atoms with Gasteiger partial charge in [0.15, 0.2) is 0 Å². The minimum Gasteiger partial charge on any atom is -0.314 e. The highest BCUT2D eigenvalue weighted by Crippen LogP contribution is 2.23. The van der Waals surface area contributed by atoms with E-state index in [2.05, 4.69) is 39.6 Å². The van der Waals surface area contributed by atoms with Crippen molar-refractivity contribution >= 4 is 27.3 Å². The topological polar surface area (TPSA) is 12.0 Å². The van der Waals surface area contributed by atoms with E-state index in [1.54, 1.807) is 0 Å². The molecule has 0 radical (unpaired) electrons. The van der Waals surface area contributed by atoms with Crippen LogP contribution in [0.15, 0.2) is 15.9 Å².